The van der Waals surface area contributed by atoms with Crippen LogP contribution >= 0.6 is 42.4 Å². The van der Waals surface area contributed by atoms with E-state index in [0.717, 1.165) is 11.1 Å². The molecule has 2 N–H and O–H groups in total. The van der Waals surface area contributed by atoms with Crippen LogP contribution in [0.1, 0.15) is 11.1 Å². The van der Waals surface area contributed by atoms with E-state index in [9.17, 15) is 8.42 Å². The van der Waals surface area contributed by atoms with Gasteiger partial charge < -0.3 is 0 Å². The van der Waals surface area contributed by atoms with E-state index in [-0.39, 0.29) is 9.79 Å². The summed E-state index contributed by atoms with van der Waals surface area (Å²) in [5.74, 6) is 0. The average Bonchev–Trinajstić information content (AvgIpc) is 2.64. The van der Waals surface area contributed by atoms with E-state index in [1.54, 1.807) is 24.3 Å². The molecular formula is C14H16Cl4N2O4PtS2. The van der Waals surface area contributed by atoms with Gasteiger partial charge in [0.1, 0.15) is 0 Å². The topological polar surface area (TPSA) is 99.3 Å². The zero-order valence-electron chi connectivity index (χ0n) is 13.9. The van der Waals surface area contributed by atoms with Gasteiger partial charge in [-0.1, -0.05) is 43.2 Å². The summed E-state index contributed by atoms with van der Waals surface area (Å²) >= 11 is 9.46. The number of aryl methyl sites for hydroxylation is 2. The normalized spacial score (nSPS) is 14.4. The first kappa shape index (κ1) is 27.1. The summed E-state index contributed by atoms with van der Waals surface area (Å²) in [6, 6.07) is 13.0. The van der Waals surface area contributed by atoms with Crippen molar-refractivity contribution in [1.29, 1.82) is 0 Å². The molecule has 0 radical (unpaired) electrons. The molecule has 0 amide bonds. The van der Waals surface area contributed by atoms with Crippen LogP contribution in [0.5, 0.6) is 0 Å². The number of hydrogen-bond donors (Lipinski definition) is 2. The molecular weight excluding hydrogens is 661 g/mol. The van der Waals surface area contributed by atoms with E-state index >= 15 is 0 Å². The van der Waals surface area contributed by atoms with Gasteiger partial charge in [0.15, 0.2) is 0 Å². The van der Waals surface area contributed by atoms with Gasteiger partial charge in [-0.05, 0) is 38.1 Å². The Morgan fingerprint density at radius 2 is 0.963 bits per heavy atom. The maximum atomic E-state index is 11.1. The molecule has 0 aromatic heterocycles. The fourth-order valence-corrected chi connectivity index (χ4v) is 3.13. The van der Waals surface area contributed by atoms with Crippen LogP contribution in [0.4, 0.5) is 0 Å². The summed E-state index contributed by atoms with van der Waals surface area (Å²) in [4.78, 5) is 0.450. The van der Waals surface area contributed by atoms with E-state index in [2.05, 4.69) is 7.76 Å². The van der Waals surface area contributed by atoms with Gasteiger partial charge in [0, 0.05) is 23.6 Å². The summed E-state index contributed by atoms with van der Waals surface area (Å²) in [5.41, 5.74) is 2.03. The molecule has 0 fully saturated rings. The molecule has 0 spiro atoms. The van der Waals surface area contributed by atoms with Crippen LogP contribution < -0.4 is 0 Å². The Kier molecular flexibility index (Phi) is 13.4. The van der Waals surface area contributed by atoms with Crippen LogP contribution in [0.25, 0.3) is 0 Å². The number of benzene rings is 2. The summed E-state index contributed by atoms with van der Waals surface area (Å²) in [5, 5.41) is 0. The third kappa shape index (κ3) is 10.4. The van der Waals surface area contributed by atoms with Crippen LogP contribution in [-0.2, 0) is 36.5 Å². The fraction of sp³-hybridized carbons (Fsp3) is 0.143. The van der Waals surface area contributed by atoms with Crippen molar-refractivity contribution in [2.24, 2.45) is 7.76 Å². The van der Waals surface area contributed by atoms with E-state index < -0.39 is 36.5 Å². The monoisotopic (exact) mass is 675 g/mol. The van der Waals surface area contributed by atoms with Crippen molar-refractivity contribution >= 4 is 62.4 Å². The molecule has 0 saturated carbocycles. The predicted octanol–water partition coefficient (Wildman–Crippen LogP) is 6.27. The van der Waals surface area contributed by atoms with E-state index in [0.29, 0.717) is 0 Å². The summed E-state index contributed by atoms with van der Waals surface area (Å²) in [6.07, 6.45) is 0. The summed E-state index contributed by atoms with van der Waals surface area (Å²) in [7, 11) is 3.00. The molecule has 0 aliphatic carbocycles. The molecule has 0 aliphatic heterocycles. The van der Waals surface area contributed by atoms with Crippen molar-refractivity contribution in [3.8, 4) is 0 Å². The van der Waals surface area contributed by atoms with Crippen molar-refractivity contribution in [2.75, 3.05) is 0 Å². The van der Waals surface area contributed by atoms with Gasteiger partial charge in [0.2, 0.25) is 20.0 Å². The van der Waals surface area contributed by atoms with Gasteiger partial charge in [0.25, 0.3) is 0 Å². The van der Waals surface area contributed by atoms with Gasteiger partial charge in [-0.15, -0.1) is 0 Å². The quantitative estimate of drug-likeness (QED) is 0.392. The molecule has 2 atom stereocenters. The van der Waals surface area contributed by atoms with Gasteiger partial charge >= 0.3 is 35.3 Å². The number of rotatable bonds is 2. The van der Waals surface area contributed by atoms with Gasteiger partial charge in [0.05, 0.1) is 9.79 Å². The second-order valence-corrected chi connectivity index (χ2v) is 12.1. The number of nitrogens with zero attached hydrogens (tertiary/aromatic N) is 2. The number of halogens is 4. The van der Waals surface area contributed by atoms with Crippen molar-refractivity contribution in [1.82, 2.24) is 0 Å². The Labute approximate surface area is 186 Å². The summed E-state index contributed by atoms with van der Waals surface area (Å²) in [6.45, 7) is 3.78. The van der Waals surface area contributed by atoms with Gasteiger partial charge in [-0.3, -0.25) is 9.11 Å². The van der Waals surface area contributed by atoms with Gasteiger partial charge in [-0.2, -0.15) is 0 Å². The molecule has 0 bridgehead atoms. The molecule has 2 rings (SSSR count). The van der Waals surface area contributed by atoms with Crippen molar-refractivity contribution in [2.45, 2.75) is 23.6 Å². The Balaban J connectivity index is 0.000000438. The number of hydrogen-bond acceptors (Lipinski definition) is 4. The van der Waals surface area contributed by atoms with Crippen LogP contribution in [0.2, 0.25) is 0 Å². The summed E-state index contributed by atoms with van der Waals surface area (Å²) < 4.78 is 46.2. The van der Waals surface area contributed by atoms with Crippen LogP contribution in [0.3, 0.4) is 0 Å². The van der Waals surface area contributed by atoms with Gasteiger partial charge in [-0.25, -0.2) is 8.42 Å². The molecule has 27 heavy (non-hydrogen) atoms. The van der Waals surface area contributed by atoms with E-state index in [4.69, 9.17) is 51.5 Å². The average molecular weight is 677 g/mol. The first-order chi connectivity index (χ1) is 12.5. The second kappa shape index (κ2) is 13.4. The minimum absolute atomic E-state index is 0.225. The third-order valence-electron chi connectivity index (χ3n) is 2.84. The molecule has 0 saturated heterocycles. The predicted molar refractivity (Wildman–Crippen MR) is 109 cm³/mol. The second-order valence-electron chi connectivity index (χ2n) is 4.80. The zero-order chi connectivity index (χ0) is 21.1. The van der Waals surface area contributed by atoms with Crippen molar-refractivity contribution in [3.63, 3.8) is 0 Å². The Morgan fingerprint density at radius 1 is 0.741 bits per heavy atom. The third-order valence-corrected chi connectivity index (χ3v) is 6.11. The molecule has 6 nitrogen and oxygen atoms in total. The van der Waals surface area contributed by atoms with Crippen molar-refractivity contribution in [3.05, 3.63) is 59.7 Å². The first-order valence-electron chi connectivity index (χ1n) is 6.69. The van der Waals surface area contributed by atoms with Crippen LogP contribution in [-0.4, -0.2) is 17.5 Å². The first-order valence-corrected chi connectivity index (χ1v) is 15.9. The standard InChI is InChI=1S/2C7H8ClNO2S.2ClH.Pt/c2*1-6-2-4-7(5-3-6)12(10,11)9-8;;;/h2*2-5H,1H3,(H,9,10,11);2*1H;/q;;;;+2/p-2. The van der Waals surface area contributed by atoms with Crippen LogP contribution in [0.15, 0.2) is 66.1 Å². The SMILES string of the molecule is Cc1ccc(S(=O)(O)=NCl)cc1.Cc1ccc(S(=O)(O)=NCl)cc1.[Cl][Pt][Cl]. The Morgan fingerprint density at radius 3 is 1.15 bits per heavy atom. The maximum absolute atomic E-state index is 11.1. The van der Waals surface area contributed by atoms with E-state index in [1.807, 2.05) is 13.8 Å². The minimum atomic E-state index is -3.37. The van der Waals surface area contributed by atoms with Crippen LogP contribution in [0, 0.1) is 13.8 Å². The molecule has 2 unspecified atom stereocenters. The Hall–Kier alpha value is 0.108. The molecule has 2 aromatic carbocycles. The molecule has 0 heterocycles. The fourth-order valence-electron chi connectivity index (χ4n) is 1.51. The molecule has 0 aliphatic rings. The Bertz CT molecular complexity index is 863. The molecule has 156 valence electrons. The molecule has 13 heteroatoms. The van der Waals surface area contributed by atoms with E-state index in [1.165, 1.54) is 24.3 Å². The molecule has 2 aromatic rings. The van der Waals surface area contributed by atoms with Crippen molar-refractivity contribution < 1.29 is 34.0 Å². The zero-order valence-corrected chi connectivity index (χ0v) is 20.8.